The van der Waals surface area contributed by atoms with Crippen molar-refractivity contribution in [3.05, 3.63) is 83.7 Å². The first-order valence-corrected chi connectivity index (χ1v) is 24.0. The zero-order valence-corrected chi connectivity index (χ0v) is 41.2. The molecule has 0 radical (unpaired) electrons. The standard InChI is InChI=1S/C48H65F2N9O11S/c1-28(51)45(67)55-29(2)46(68)57-36(44(52)66)24-40(62)53-18-9-20-59(41(63)27-71-21-17-38(60)54-19-16-39(61)56-35(47(69)70)14-15-42(64)65)43(48(3,4)5)37-22-31(33-23-32(49)12-13-34(33)50)26-58(37)25-30-10-7-6-8-11-30/h6-8,10-13,22-23,26,28-29,35-36,43H,9,14-21,24-25,27,51H2,1-5H3,(H2,52,66)(H,53,62)(H,54,60)(H,55,67)(H,56,61)(H,57,68)(H,64,65)(H,69,70)/t28-,29-,35-,36-,43-/m0/s1. The Balaban J connectivity index is 1.83. The maximum absolute atomic E-state index is 15.3. The van der Waals surface area contributed by atoms with Crippen LogP contribution in [0.5, 0.6) is 0 Å². The summed E-state index contributed by atoms with van der Waals surface area (Å²) >= 11 is 1.16. The Morgan fingerprint density at radius 3 is 2.10 bits per heavy atom. The van der Waals surface area contributed by atoms with Crippen LogP contribution >= 0.6 is 11.8 Å². The molecule has 0 saturated heterocycles. The Bertz CT molecular complexity index is 2360. The van der Waals surface area contributed by atoms with E-state index in [9.17, 15) is 52.6 Å². The molecule has 1 heterocycles. The monoisotopic (exact) mass is 1010 g/mol. The minimum absolute atomic E-state index is 0.00479. The van der Waals surface area contributed by atoms with Gasteiger partial charge < -0.3 is 57.7 Å². The Hall–Kier alpha value is -6.88. The summed E-state index contributed by atoms with van der Waals surface area (Å²) in [6.45, 7) is 8.74. The van der Waals surface area contributed by atoms with Gasteiger partial charge in [0.25, 0.3) is 0 Å². The van der Waals surface area contributed by atoms with Gasteiger partial charge in [-0.25, -0.2) is 13.6 Å². The molecule has 0 saturated carbocycles. The van der Waals surface area contributed by atoms with E-state index in [0.29, 0.717) is 17.8 Å². The number of carbonyl (C=O) groups is 9. The van der Waals surface area contributed by atoms with Gasteiger partial charge in [-0.15, -0.1) is 0 Å². The van der Waals surface area contributed by atoms with Gasteiger partial charge in [-0.05, 0) is 61.9 Å². The van der Waals surface area contributed by atoms with Crippen molar-refractivity contribution in [1.82, 2.24) is 36.1 Å². The lowest BCUT2D eigenvalue weighted by Crippen LogP contribution is -2.54. The summed E-state index contributed by atoms with van der Waals surface area (Å²) in [6, 6.07) is 8.67. The van der Waals surface area contributed by atoms with Crippen molar-refractivity contribution < 1.29 is 62.1 Å². The quantitative estimate of drug-likeness (QED) is 0.0451. The summed E-state index contributed by atoms with van der Waals surface area (Å²) in [5.74, 6) is -8.41. The number of aliphatic carboxylic acids is 2. The molecule has 23 heteroatoms. The fraction of sp³-hybridized carbons (Fsp3) is 0.479. The van der Waals surface area contributed by atoms with Crippen molar-refractivity contribution in [1.29, 1.82) is 0 Å². The molecule has 11 N–H and O–H groups in total. The lowest BCUT2D eigenvalue weighted by Gasteiger charge is -2.41. The SMILES string of the molecule is C[C@H](N)C(=O)N[C@@H](C)C(=O)N[C@@H](CC(=O)NCCCN(C(=O)CSCCC(=O)NCCC(=O)N[C@@H](CCC(=O)O)C(=O)O)[C@@H](c1cc(-c2cc(F)ccc2F)cn1Cc1ccccc1)C(C)(C)C)C(N)=O. The van der Waals surface area contributed by atoms with Crippen LogP contribution in [0.3, 0.4) is 0 Å². The average Bonchev–Trinajstić information content (AvgIpc) is 3.69. The smallest absolute Gasteiger partial charge is 0.326 e. The van der Waals surface area contributed by atoms with Crippen LogP contribution in [0.2, 0.25) is 0 Å². The number of aromatic nitrogens is 1. The molecule has 0 aliphatic rings. The molecule has 3 aromatic rings. The molecule has 2 aromatic carbocycles. The normalized spacial score (nSPS) is 13.4. The predicted octanol–water partition coefficient (Wildman–Crippen LogP) is 2.18. The molecule has 0 aliphatic carbocycles. The minimum atomic E-state index is -1.43. The summed E-state index contributed by atoms with van der Waals surface area (Å²) in [5, 5.41) is 30.4. The van der Waals surface area contributed by atoms with E-state index >= 15 is 4.39 Å². The Kier molecular flexibility index (Phi) is 23.1. The van der Waals surface area contributed by atoms with Crippen LogP contribution in [0.15, 0.2) is 60.8 Å². The number of nitrogens with two attached hydrogens (primary N) is 2. The molecule has 0 bridgehead atoms. The van der Waals surface area contributed by atoms with Gasteiger partial charge in [0, 0.05) is 74.2 Å². The van der Waals surface area contributed by atoms with Crippen molar-refractivity contribution in [2.45, 2.75) is 110 Å². The van der Waals surface area contributed by atoms with Gasteiger partial charge in [0.15, 0.2) is 0 Å². The molecular formula is C48H65F2N9O11S. The third kappa shape index (κ3) is 19.8. The van der Waals surface area contributed by atoms with Crippen molar-refractivity contribution in [2.24, 2.45) is 16.9 Å². The second-order valence-corrected chi connectivity index (χ2v) is 19.0. The first kappa shape index (κ1) is 58.4. The summed E-state index contributed by atoms with van der Waals surface area (Å²) in [5.41, 5.74) is 12.2. The zero-order chi connectivity index (χ0) is 53.0. The van der Waals surface area contributed by atoms with Gasteiger partial charge in [0.1, 0.15) is 29.8 Å². The van der Waals surface area contributed by atoms with E-state index in [-0.39, 0.29) is 68.3 Å². The summed E-state index contributed by atoms with van der Waals surface area (Å²) in [6.07, 6.45) is 0.230. The fourth-order valence-electron chi connectivity index (χ4n) is 7.28. The Morgan fingerprint density at radius 1 is 0.803 bits per heavy atom. The highest BCUT2D eigenvalue weighted by atomic mass is 32.2. The van der Waals surface area contributed by atoms with Crippen molar-refractivity contribution in [3.63, 3.8) is 0 Å². The number of nitrogens with one attached hydrogen (secondary N) is 5. The number of hydrogen-bond acceptors (Lipinski definition) is 11. The third-order valence-electron chi connectivity index (χ3n) is 10.9. The van der Waals surface area contributed by atoms with E-state index in [0.717, 1.165) is 35.5 Å². The number of carbonyl (C=O) groups excluding carboxylic acids is 7. The molecule has 71 heavy (non-hydrogen) atoms. The minimum Gasteiger partial charge on any atom is -0.481 e. The number of carboxylic acids is 2. The van der Waals surface area contributed by atoms with Gasteiger partial charge in [-0.3, -0.25) is 38.4 Å². The predicted molar refractivity (Wildman–Crippen MR) is 260 cm³/mol. The number of carboxylic acid groups (broad SMARTS) is 2. The zero-order valence-electron chi connectivity index (χ0n) is 40.4. The largest absolute Gasteiger partial charge is 0.481 e. The number of amides is 7. The van der Waals surface area contributed by atoms with Crippen LogP contribution < -0.4 is 38.1 Å². The summed E-state index contributed by atoms with van der Waals surface area (Å²) < 4.78 is 31.8. The van der Waals surface area contributed by atoms with Crippen LogP contribution in [0, 0.1) is 17.0 Å². The number of rotatable bonds is 29. The molecule has 0 fully saturated rings. The van der Waals surface area contributed by atoms with E-state index in [1.165, 1.54) is 13.8 Å². The van der Waals surface area contributed by atoms with Gasteiger partial charge >= 0.3 is 11.9 Å². The number of hydrogen-bond donors (Lipinski definition) is 9. The Labute approximate surface area is 414 Å². The van der Waals surface area contributed by atoms with E-state index in [1.54, 1.807) is 17.2 Å². The lowest BCUT2D eigenvalue weighted by atomic mass is 9.83. The molecule has 7 amide bonds. The van der Waals surface area contributed by atoms with Crippen LogP contribution in [-0.4, -0.2) is 128 Å². The lowest BCUT2D eigenvalue weighted by molar-refractivity contribution is -0.143. The molecule has 5 atom stereocenters. The van der Waals surface area contributed by atoms with Gasteiger partial charge in [0.05, 0.1) is 24.3 Å². The number of nitrogens with zero attached hydrogens (tertiary/aromatic N) is 2. The highest BCUT2D eigenvalue weighted by molar-refractivity contribution is 7.99. The van der Waals surface area contributed by atoms with Crippen LogP contribution in [0.4, 0.5) is 8.78 Å². The van der Waals surface area contributed by atoms with E-state index in [4.69, 9.17) is 16.6 Å². The van der Waals surface area contributed by atoms with Crippen molar-refractivity contribution >= 4 is 65.1 Å². The maximum atomic E-state index is 15.3. The molecule has 0 unspecified atom stereocenters. The van der Waals surface area contributed by atoms with Crippen LogP contribution in [0.1, 0.15) is 90.4 Å². The number of primary amides is 1. The highest BCUT2D eigenvalue weighted by Crippen LogP contribution is 2.41. The number of halogens is 2. The molecule has 1 aromatic heterocycles. The van der Waals surface area contributed by atoms with Crippen LogP contribution in [0.25, 0.3) is 11.1 Å². The molecular weight excluding hydrogens is 949 g/mol. The van der Waals surface area contributed by atoms with Crippen molar-refractivity contribution in [3.8, 4) is 11.1 Å². The topological polar surface area (TPSA) is 314 Å². The van der Waals surface area contributed by atoms with E-state index in [2.05, 4.69) is 26.6 Å². The molecule has 388 valence electrons. The first-order chi connectivity index (χ1) is 33.4. The molecule has 0 spiro atoms. The molecule has 20 nitrogen and oxygen atoms in total. The fourth-order valence-corrected chi connectivity index (χ4v) is 8.09. The maximum Gasteiger partial charge on any atom is 0.326 e. The van der Waals surface area contributed by atoms with Crippen LogP contribution in [-0.2, 0) is 49.7 Å². The second-order valence-electron chi connectivity index (χ2n) is 17.9. The molecule has 3 rings (SSSR count). The van der Waals surface area contributed by atoms with Gasteiger partial charge in [0.2, 0.25) is 41.4 Å². The highest BCUT2D eigenvalue weighted by Gasteiger charge is 2.37. The average molecular weight is 1010 g/mol. The van der Waals surface area contributed by atoms with E-state index < -0.39 is 107 Å². The summed E-state index contributed by atoms with van der Waals surface area (Å²) in [4.78, 5) is 113. The second kappa shape index (κ2) is 28.1. The molecule has 0 aliphatic heterocycles. The van der Waals surface area contributed by atoms with Gasteiger partial charge in [-0.2, -0.15) is 11.8 Å². The third-order valence-corrected chi connectivity index (χ3v) is 11.8. The number of thioether (sulfide) groups is 1. The summed E-state index contributed by atoms with van der Waals surface area (Å²) in [7, 11) is 0. The Morgan fingerprint density at radius 2 is 1.48 bits per heavy atom. The number of benzene rings is 2. The van der Waals surface area contributed by atoms with E-state index in [1.807, 2.05) is 55.7 Å². The first-order valence-electron chi connectivity index (χ1n) is 22.9. The van der Waals surface area contributed by atoms with Crippen molar-refractivity contribution in [2.75, 3.05) is 31.1 Å². The van der Waals surface area contributed by atoms with Gasteiger partial charge in [-0.1, -0.05) is 51.1 Å².